The summed E-state index contributed by atoms with van der Waals surface area (Å²) >= 11 is 0. The third-order valence-electron chi connectivity index (χ3n) is 4.67. The highest BCUT2D eigenvalue weighted by atomic mass is 16.6. The summed E-state index contributed by atoms with van der Waals surface area (Å²) in [7, 11) is 0. The van der Waals surface area contributed by atoms with E-state index < -0.39 is 4.92 Å². The zero-order valence-electron chi connectivity index (χ0n) is 11.2. The molecular formula is C15H18N2O3. The van der Waals surface area contributed by atoms with Crippen LogP contribution in [0.1, 0.15) is 32.1 Å². The first-order chi connectivity index (χ1) is 9.61. The third-order valence-corrected chi connectivity index (χ3v) is 4.67. The molecule has 3 rings (SSSR count). The zero-order chi connectivity index (χ0) is 14.1. The lowest BCUT2D eigenvalue weighted by Gasteiger charge is -2.20. The van der Waals surface area contributed by atoms with Gasteiger partial charge in [-0.05, 0) is 43.1 Å². The van der Waals surface area contributed by atoms with Crippen molar-refractivity contribution in [2.45, 2.75) is 32.1 Å². The van der Waals surface area contributed by atoms with Crippen LogP contribution in [0.5, 0.6) is 0 Å². The smallest absolute Gasteiger partial charge is 0.271 e. The average Bonchev–Trinajstić information content (AvgIpc) is 3.01. The summed E-state index contributed by atoms with van der Waals surface area (Å²) in [5, 5.41) is 13.5. The van der Waals surface area contributed by atoms with Crippen molar-refractivity contribution in [1.29, 1.82) is 0 Å². The highest BCUT2D eigenvalue weighted by Gasteiger charge is 2.40. The predicted molar refractivity (Wildman–Crippen MR) is 75.3 cm³/mol. The van der Waals surface area contributed by atoms with Crippen molar-refractivity contribution in [3.05, 3.63) is 34.4 Å². The number of anilines is 1. The maximum absolute atomic E-state index is 12.0. The molecular weight excluding hydrogens is 256 g/mol. The largest absolute Gasteiger partial charge is 0.326 e. The van der Waals surface area contributed by atoms with Crippen molar-refractivity contribution < 1.29 is 9.72 Å². The number of amides is 1. The molecule has 0 saturated heterocycles. The van der Waals surface area contributed by atoms with E-state index in [9.17, 15) is 14.9 Å². The number of hydrogen-bond acceptors (Lipinski definition) is 3. The van der Waals surface area contributed by atoms with Crippen molar-refractivity contribution in [2.75, 3.05) is 5.32 Å². The lowest BCUT2D eigenvalue weighted by molar-refractivity contribution is -0.384. The van der Waals surface area contributed by atoms with Gasteiger partial charge in [-0.2, -0.15) is 0 Å². The molecule has 1 aromatic carbocycles. The van der Waals surface area contributed by atoms with Crippen molar-refractivity contribution in [3.8, 4) is 0 Å². The molecule has 1 N–H and O–H groups in total. The number of fused-ring (bicyclic) bond motifs is 2. The Hall–Kier alpha value is -1.91. The number of hydrogen-bond donors (Lipinski definition) is 1. The maximum atomic E-state index is 12.0. The molecule has 5 nitrogen and oxygen atoms in total. The van der Waals surface area contributed by atoms with Crippen molar-refractivity contribution in [1.82, 2.24) is 0 Å². The summed E-state index contributed by atoms with van der Waals surface area (Å²) in [5.74, 6) is 2.03. The normalized spacial score (nSPS) is 27.5. The van der Waals surface area contributed by atoms with E-state index in [4.69, 9.17) is 0 Å². The Labute approximate surface area is 117 Å². The maximum Gasteiger partial charge on any atom is 0.271 e. The molecule has 3 atom stereocenters. The van der Waals surface area contributed by atoms with Gasteiger partial charge in [0.25, 0.3) is 5.69 Å². The fourth-order valence-corrected chi connectivity index (χ4v) is 3.77. The first kappa shape index (κ1) is 13.1. The molecule has 0 aliphatic heterocycles. The SMILES string of the molecule is O=C(C[C@@H]1C[C@@H]2CC[C@@H]1C2)Nc1cccc([N+](=O)[O-])c1. The van der Waals surface area contributed by atoms with E-state index in [-0.39, 0.29) is 11.6 Å². The van der Waals surface area contributed by atoms with Gasteiger partial charge < -0.3 is 5.32 Å². The van der Waals surface area contributed by atoms with E-state index in [0.717, 1.165) is 11.8 Å². The standard InChI is InChI=1S/C15H18N2O3/c18-15(8-12-7-10-4-5-11(12)6-10)16-13-2-1-3-14(9-13)17(19)20/h1-3,9-12H,4-8H2,(H,16,18)/t10-,11-,12+/m1/s1. The molecule has 0 spiro atoms. The van der Waals surface area contributed by atoms with Crippen LogP contribution in [-0.2, 0) is 4.79 Å². The molecule has 0 heterocycles. The molecule has 0 unspecified atom stereocenters. The first-order valence-corrected chi connectivity index (χ1v) is 7.16. The van der Waals surface area contributed by atoms with Crippen molar-refractivity contribution in [3.63, 3.8) is 0 Å². The topological polar surface area (TPSA) is 72.2 Å². The summed E-state index contributed by atoms with van der Waals surface area (Å²) in [4.78, 5) is 22.3. The van der Waals surface area contributed by atoms with E-state index in [2.05, 4.69) is 5.32 Å². The highest BCUT2D eigenvalue weighted by molar-refractivity contribution is 5.91. The number of nitrogens with one attached hydrogen (secondary N) is 1. The van der Waals surface area contributed by atoms with Gasteiger partial charge in [0.1, 0.15) is 0 Å². The van der Waals surface area contributed by atoms with Crippen LogP contribution in [0, 0.1) is 27.9 Å². The summed E-state index contributed by atoms with van der Waals surface area (Å²) < 4.78 is 0. The number of carbonyl (C=O) groups excluding carboxylic acids is 1. The Morgan fingerprint density at radius 3 is 2.85 bits per heavy atom. The van der Waals surface area contributed by atoms with Gasteiger partial charge in [0, 0.05) is 24.2 Å². The van der Waals surface area contributed by atoms with Gasteiger partial charge in [0.15, 0.2) is 0 Å². The Morgan fingerprint density at radius 1 is 1.35 bits per heavy atom. The van der Waals surface area contributed by atoms with Crippen LogP contribution in [-0.4, -0.2) is 10.8 Å². The minimum Gasteiger partial charge on any atom is -0.326 e. The average molecular weight is 274 g/mol. The summed E-state index contributed by atoms with van der Waals surface area (Å²) in [5.41, 5.74) is 0.509. The number of nitrogens with zero attached hydrogens (tertiary/aromatic N) is 1. The molecule has 1 aromatic rings. The second-order valence-electron chi connectivity index (χ2n) is 5.99. The van der Waals surface area contributed by atoms with Gasteiger partial charge in [-0.3, -0.25) is 14.9 Å². The molecule has 2 saturated carbocycles. The van der Waals surface area contributed by atoms with E-state index >= 15 is 0 Å². The third kappa shape index (κ3) is 2.66. The van der Waals surface area contributed by atoms with Crippen LogP contribution in [0.3, 0.4) is 0 Å². The molecule has 20 heavy (non-hydrogen) atoms. The lowest BCUT2D eigenvalue weighted by atomic mass is 9.86. The number of nitro groups is 1. The Bertz CT molecular complexity index is 544. The Balaban J connectivity index is 1.59. The molecule has 2 fully saturated rings. The monoisotopic (exact) mass is 274 g/mol. The number of benzene rings is 1. The molecule has 5 heteroatoms. The fraction of sp³-hybridized carbons (Fsp3) is 0.533. The predicted octanol–water partition coefficient (Wildman–Crippen LogP) is 3.36. The van der Waals surface area contributed by atoms with E-state index in [0.29, 0.717) is 18.0 Å². The molecule has 1 amide bonds. The van der Waals surface area contributed by atoms with Gasteiger partial charge in [-0.1, -0.05) is 12.5 Å². The molecule has 2 aliphatic rings. The molecule has 106 valence electrons. The summed E-state index contributed by atoms with van der Waals surface area (Å²) in [6, 6.07) is 6.10. The van der Waals surface area contributed by atoms with Gasteiger partial charge in [0.05, 0.1) is 4.92 Å². The number of carbonyl (C=O) groups is 1. The molecule has 2 bridgehead atoms. The molecule has 2 aliphatic carbocycles. The summed E-state index contributed by atoms with van der Waals surface area (Å²) in [6.07, 6.45) is 5.60. The Kier molecular flexibility index (Phi) is 3.42. The van der Waals surface area contributed by atoms with Crippen LogP contribution in [0.2, 0.25) is 0 Å². The van der Waals surface area contributed by atoms with Crippen LogP contribution >= 0.6 is 0 Å². The van der Waals surface area contributed by atoms with Gasteiger partial charge >= 0.3 is 0 Å². The quantitative estimate of drug-likeness (QED) is 0.676. The second kappa shape index (κ2) is 5.23. The fourth-order valence-electron chi connectivity index (χ4n) is 3.77. The molecule has 0 aromatic heterocycles. The van der Waals surface area contributed by atoms with E-state index in [1.165, 1.54) is 37.8 Å². The van der Waals surface area contributed by atoms with Crippen LogP contribution in [0.4, 0.5) is 11.4 Å². The van der Waals surface area contributed by atoms with E-state index in [1.807, 2.05) is 0 Å². The number of non-ortho nitro benzene ring substituents is 1. The van der Waals surface area contributed by atoms with Crippen LogP contribution < -0.4 is 5.32 Å². The zero-order valence-corrected chi connectivity index (χ0v) is 11.2. The second-order valence-corrected chi connectivity index (χ2v) is 5.99. The van der Waals surface area contributed by atoms with Gasteiger partial charge in [0.2, 0.25) is 5.91 Å². The minimum absolute atomic E-state index is 0.00252. The number of nitro benzene ring substituents is 1. The highest BCUT2D eigenvalue weighted by Crippen LogP contribution is 2.49. The van der Waals surface area contributed by atoms with Crippen molar-refractivity contribution in [2.24, 2.45) is 17.8 Å². The summed E-state index contributed by atoms with van der Waals surface area (Å²) in [6.45, 7) is 0. The Morgan fingerprint density at radius 2 is 2.20 bits per heavy atom. The molecule has 0 radical (unpaired) electrons. The van der Waals surface area contributed by atoms with Crippen LogP contribution in [0.25, 0.3) is 0 Å². The van der Waals surface area contributed by atoms with Gasteiger partial charge in [-0.25, -0.2) is 0 Å². The lowest BCUT2D eigenvalue weighted by Crippen LogP contribution is -2.20. The van der Waals surface area contributed by atoms with Crippen molar-refractivity contribution >= 4 is 17.3 Å². The minimum atomic E-state index is -0.453. The van der Waals surface area contributed by atoms with E-state index in [1.54, 1.807) is 12.1 Å². The first-order valence-electron chi connectivity index (χ1n) is 7.16. The van der Waals surface area contributed by atoms with Gasteiger partial charge in [-0.15, -0.1) is 0 Å². The number of rotatable bonds is 4. The van der Waals surface area contributed by atoms with Crippen LogP contribution in [0.15, 0.2) is 24.3 Å².